The number of Topliss-reactive ketones (excluding diaryl/α,β-unsaturated/α-hetero) is 1. The minimum atomic E-state index is -2.67. The van der Waals surface area contributed by atoms with Gasteiger partial charge < -0.3 is 4.90 Å². The molecular formula is C18H21F2N3O2. The van der Waals surface area contributed by atoms with E-state index >= 15 is 0 Å². The number of aryl methyl sites for hydroxylation is 1. The lowest BCUT2D eigenvalue weighted by atomic mass is 10.0. The van der Waals surface area contributed by atoms with Gasteiger partial charge in [-0.2, -0.15) is 0 Å². The molecule has 1 aromatic heterocycles. The quantitative estimate of drug-likeness (QED) is 0.799. The maximum absolute atomic E-state index is 13.5. The molecule has 0 amide bonds. The van der Waals surface area contributed by atoms with Crippen LogP contribution < -0.4 is 10.5 Å². The fourth-order valence-electron chi connectivity index (χ4n) is 3.29. The molecule has 1 aromatic carbocycles. The van der Waals surface area contributed by atoms with Crippen LogP contribution in [0.3, 0.4) is 0 Å². The summed E-state index contributed by atoms with van der Waals surface area (Å²) in [5, 5.41) is 0.387. The molecule has 0 spiro atoms. The highest BCUT2D eigenvalue weighted by Gasteiger charge is 2.35. The number of nitrogens with zero attached hydrogens (tertiary/aromatic N) is 3. The number of halogens is 2. The summed E-state index contributed by atoms with van der Waals surface area (Å²) in [6.07, 6.45) is -0.532. The normalized spacial score (nSPS) is 17.1. The Morgan fingerprint density at radius 3 is 2.48 bits per heavy atom. The van der Waals surface area contributed by atoms with Gasteiger partial charge in [-0.25, -0.2) is 13.8 Å². The number of anilines is 1. The molecule has 2 heterocycles. The molecule has 0 unspecified atom stereocenters. The SMILES string of the molecule is CCn1c(N2CCC(F)(F)CC2)nc2c(C(C)=O)cc(C)cc2c1=O. The summed E-state index contributed by atoms with van der Waals surface area (Å²) in [5.41, 5.74) is 1.30. The van der Waals surface area contributed by atoms with Crippen molar-refractivity contribution in [1.82, 2.24) is 9.55 Å². The van der Waals surface area contributed by atoms with Crippen LogP contribution in [0.4, 0.5) is 14.7 Å². The summed E-state index contributed by atoms with van der Waals surface area (Å²) >= 11 is 0. The van der Waals surface area contributed by atoms with Gasteiger partial charge in [0.05, 0.1) is 10.9 Å². The molecule has 134 valence electrons. The van der Waals surface area contributed by atoms with Crippen molar-refractivity contribution in [1.29, 1.82) is 0 Å². The van der Waals surface area contributed by atoms with Gasteiger partial charge in [0, 0.05) is 38.0 Å². The molecule has 7 heteroatoms. The lowest BCUT2D eigenvalue weighted by Gasteiger charge is -2.33. The first-order valence-electron chi connectivity index (χ1n) is 8.42. The molecular weight excluding hydrogens is 328 g/mol. The van der Waals surface area contributed by atoms with Crippen LogP contribution in [0.2, 0.25) is 0 Å². The third kappa shape index (κ3) is 3.15. The van der Waals surface area contributed by atoms with Crippen LogP contribution in [-0.2, 0) is 6.54 Å². The van der Waals surface area contributed by atoms with E-state index in [1.807, 2.05) is 13.8 Å². The number of carbonyl (C=O) groups excluding carboxylic acids is 1. The lowest BCUT2D eigenvalue weighted by Crippen LogP contribution is -2.42. The number of aromatic nitrogens is 2. The number of hydrogen-bond acceptors (Lipinski definition) is 4. The molecule has 1 saturated heterocycles. The van der Waals surface area contributed by atoms with E-state index in [4.69, 9.17) is 0 Å². The fraction of sp³-hybridized carbons (Fsp3) is 0.500. The maximum atomic E-state index is 13.5. The number of rotatable bonds is 3. The van der Waals surface area contributed by atoms with Crippen LogP contribution >= 0.6 is 0 Å². The van der Waals surface area contributed by atoms with Crippen molar-refractivity contribution in [2.75, 3.05) is 18.0 Å². The molecule has 0 atom stereocenters. The topological polar surface area (TPSA) is 55.2 Å². The van der Waals surface area contributed by atoms with Gasteiger partial charge in [-0.05, 0) is 38.5 Å². The molecule has 0 bridgehead atoms. The van der Waals surface area contributed by atoms with Crippen molar-refractivity contribution in [2.24, 2.45) is 0 Å². The molecule has 3 rings (SSSR count). The summed E-state index contributed by atoms with van der Waals surface area (Å²) in [5.74, 6) is -2.49. The molecule has 0 N–H and O–H groups in total. The number of alkyl halides is 2. The predicted octanol–water partition coefficient (Wildman–Crippen LogP) is 3.16. The molecule has 0 saturated carbocycles. The highest BCUT2D eigenvalue weighted by molar-refractivity contribution is 6.05. The zero-order valence-electron chi connectivity index (χ0n) is 14.6. The molecule has 0 aliphatic carbocycles. The van der Waals surface area contributed by atoms with Crippen molar-refractivity contribution in [3.05, 3.63) is 33.6 Å². The fourth-order valence-corrected chi connectivity index (χ4v) is 3.29. The van der Waals surface area contributed by atoms with Gasteiger partial charge in [0.25, 0.3) is 11.5 Å². The number of piperidine rings is 1. The number of ketones is 1. The van der Waals surface area contributed by atoms with Crippen LogP contribution in [0.1, 0.15) is 42.6 Å². The van der Waals surface area contributed by atoms with Gasteiger partial charge in [-0.1, -0.05) is 0 Å². The van der Waals surface area contributed by atoms with E-state index < -0.39 is 5.92 Å². The standard InChI is InChI=1S/C18H21F2N3O2/c1-4-23-16(25)14-10-11(2)9-13(12(3)24)15(14)21-17(23)22-7-5-18(19,20)6-8-22/h9-10H,4-8H2,1-3H3. The van der Waals surface area contributed by atoms with Crippen molar-refractivity contribution in [3.63, 3.8) is 0 Å². The Bertz CT molecular complexity index is 895. The summed E-state index contributed by atoms with van der Waals surface area (Å²) in [6, 6.07) is 3.43. The van der Waals surface area contributed by atoms with Crippen LogP contribution in [0, 0.1) is 6.92 Å². The summed E-state index contributed by atoms with van der Waals surface area (Å²) in [4.78, 5) is 31.2. The summed E-state index contributed by atoms with van der Waals surface area (Å²) in [7, 11) is 0. The second-order valence-electron chi connectivity index (χ2n) is 6.57. The lowest BCUT2D eigenvalue weighted by molar-refractivity contribution is -0.0223. The minimum absolute atomic E-state index is 0.131. The largest absolute Gasteiger partial charge is 0.342 e. The maximum Gasteiger partial charge on any atom is 0.262 e. The Kier molecular flexibility index (Phi) is 4.34. The molecule has 1 fully saturated rings. The van der Waals surface area contributed by atoms with E-state index in [0.717, 1.165) is 5.56 Å². The van der Waals surface area contributed by atoms with E-state index in [1.165, 1.54) is 11.5 Å². The van der Waals surface area contributed by atoms with Gasteiger partial charge in [0.1, 0.15) is 0 Å². The molecule has 25 heavy (non-hydrogen) atoms. The number of fused-ring (bicyclic) bond motifs is 1. The Labute approximate surface area is 144 Å². The first kappa shape index (κ1) is 17.5. The number of carbonyl (C=O) groups is 1. The highest BCUT2D eigenvalue weighted by Crippen LogP contribution is 2.30. The monoisotopic (exact) mass is 349 g/mol. The number of benzene rings is 1. The van der Waals surface area contributed by atoms with E-state index in [0.29, 0.717) is 29.0 Å². The summed E-state index contributed by atoms with van der Waals surface area (Å²) < 4.78 is 28.4. The van der Waals surface area contributed by atoms with Crippen LogP contribution in [0.5, 0.6) is 0 Å². The smallest absolute Gasteiger partial charge is 0.262 e. The predicted molar refractivity (Wildman–Crippen MR) is 92.8 cm³/mol. The van der Waals surface area contributed by atoms with Gasteiger partial charge in [-0.3, -0.25) is 14.2 Å². The second-order valence-corrected chi connectivity index (χ2v) is 6.57. The minimum Gasteiger partial charge on any atom is -0.342 e. The van der Waals surface area contributed by atoms with Gasteiger partial charge in [0.15, 0.2) is 5.78 Å². The van der Waals surface area contributed by atoms with Crippen molar-refractivity contribution < 1.29 is 13.6 Å². The van der Waals surface area contributed by atoms with Crippen LogP contribution in [-0.4, -0.2) is 34.3 Å². The van der Waals surface area contributed by atoms with Crippen molar-refractivity contribution in [2.45, 2.75) is 46.1 Å². The molecule has 0 radical (unpaired) electrons. The zero-order chi connectivity index (χ0) is 18.4. The molecule has 5 nitrogen and oxygen atoms in total. The zero-order valence-corrected chi connectivity index (χ0v) is 14.6. The van der Waals surface area contributed by atoms with Gasteiger partial charge >= 0.3 is 0 Å². The third-order valence-electron chi connectivity index (χ3n) is 4.66. The molecule has 1 aliphatic rings. The Morgan fingerprint density at radius 2 is 1.92 bits per heavy atom. The van der Waals surface area contributed by atoms with E-state index in [2.05, 4.69) is 4.98 Å². The molecule has 1 aliphatic heterocycles. The van der Waals surface area contributed by atoms with Crippen LogP contribution in [0.15, 0.2) is 16.9 Å². The van der Waals surface area contributed by atoms with Gasteiger partial charge in [0.2, 0.25) is 5.95 Å². The first-order chi connectivity index (χ1) is 11.7. The first-order valence-corrected chi connectivity index (χ1v) is 8.42. The van der Waals surface area contributed by atoms with Gasteiger partial charge in [-0.15, -0.1) is 0 Å². The van der Waals surface area contributed by atoms with E-state index in [-0.39, 0.29) is 37.3 Å². The Morgan fingerprint density at radius 1 is 1.28 bits per heavy atom. The summed E-state index contributed by atoms with van der Waals surface area (Å²) in [6.45, 7) is 5.72. The third-order valence-corrected chi connectivity index (χ3v) is 4.66. The average Bonchev–Trinajstić information content (AvgIpc) is 2.54. The second kappa shape index (κ2) is 6.20. The average molecular weight is 349 g/mol. The highest BCUT2D eigenvalue weighted by atomic mass is 19.3. The van der Waals surface area contributed by atoms with Crippen molar-refractivity contribution >= 4 is 22.6 Å². The molecule has 2 aromatic rings. The Hall–Kier alpha value is -2.31. The van der Waals surface area contributed by atoms with E-state index in [1.54, 1.807) is 17.0 Å². The van der Waals surface area contributed by atoms with E-state index in [9.17, 15) is 18.4 Å². The Balaban J connectivity index is 2.22. The number of hydrogen-bond donors (Lipinski definition) is 0. The van der Waals surface area contributed by atoms with Crippen molar-refractivity contribution in [3.8, 4) is 0 Å². The van der Waals surface area contributed by atoms with Crippen LogP contribution in [0.25, 0.3) is 10.9 Å².